The summed E-state index contributed by atoms with van der Waals surface area (Å²) >= 11 is 2.83. The van der Waals surface area contributed by atoms with Crippen molar-refractivity contribution in [2.75, 3.05) is 6.26 Å². The summed E-state index contributed by atoms with van der Waals surface area (Å²) in [7, 11) is 0. The van der Waals surface area contributed by atoms with Crippen molar-refractivity contribution in [1.82, 2.24) is 0 Å². The van der Waals surface area contributed by atoms with Crippen molar-refractivity contribution in [3.05, 3.63) is 58.2 Å². The smallest absolute Gasteiger partial charge is 0.285 e. The number of carbonyl (C=O) groups is 1. The van der Waals surface area contributed by atoms with E-state index in [-0.39, 0.29) is 22.9 Å². The highest BCUT2D eigenvalue weighted by Crippen LogP contribution is 2.62. The van der Waals surface area contributed by atoms with E-state index < -0.39 is 0 Å². The van der Waals surface area contributed by atoms with Crippen molar-refractivity contribution in [3.8, 4) is 16.9 Å². The molecule has 1 N–H and O–H groups in total. The number of aromatic hydroxyl groups is 1. The molecule has 0 unspecified atom stereocenters. The van der Waals surface area contributed by atoms with Gasteiger partial charge in [0.05, 0.1) is 4.91 Å². The molecule has 1 amide bonds. The zero-order chi connectivity index (χ0) is 22.7. The Morgan fingerprint density at radius 3 is 2.45 bits per heavy atom. The summed E-state index contributed by atoms with van der Waals surface area (Å²) in [5.41, 5.74) is 2.43. The van der Waals surface area contributed by atoms with Crippen LogP contribution in [0.25, 0.3) is 17.2 Å². The van der Waals surface area contributed by atoms with E-state index in [0.29, 0.717) is 33.8 Å². The van der Waals surface area contributed by atoms with Gasteiger partial charge in [0.2, 0.25) is 0 Å². The number of nitrogens with zero attached hydrogens (tertiary/aromatic N) is 1. The Balaban J connectivity index is 1.38. The standard InChI is InChI=1S/C27H26FNO2S2/c1-32-26-29-25(31)22(33-26)11-15-3-2-4-19(10-15)20-5-6-21(30)23(24(20)28)27-12-16-7-17(13-27)9-18(8-16)14-27/h2-6,10-11,16-18,30H,7-9,12-14H2,1H3. The van der Waals surface area contributed by atoms with Crippen molar-refractivity contribution >= 4 is 39.9 Å². The van der Waals surface area contributed by atoms with Crippen LogP contribution in [0.3, 0.4) is 0 Å². The number of hydrogen-bond donors (Lipinski definition) is 1. The molecular formula is C27H26FNO2S2. The number of halogens is 1. The Morgan fingerprint density at radius 1 is 1.12 bits per heavy atom. The third-order valence-electron chi connectivity index (χ3n) is 7.96. The zero-order valence-corrected chi connectivity index (χ0v) is 20.1. The summed E-state index contributed by atoms with van der Waals surface area (Å²) in [5.74, 6) is 1.61. The summed E-state index contributed by atoms with van der Waals surface area (Å²) < 4.78 is 16.9. The van der Waals surface area contributed by atoms with Gasteiger partial charge in [0.1, 0.15) is 15.9 Å². The first-order valence-corrected chi connectivity index (χ1v) is 13.7. The van der Waals surface area contributed by atoms with Gasteiger partial charge in [-0.15, -0.1) is 11.8 Å². The largest absolute Gasteiger partial charge is 0.508 e. The molecule has 33 heavy (non-hydrogen) atoms. The predicted octanol–water partition coefficient (Wildman–Crippen LogP) is 7.00. The Labute approximate surface area is 202 Å². The first-order valence-electron chi connectivity index (χ1n) is 11.6. The van der Waals surface area contributed by atoms with E-state index in [0.717, 1.165) is 34.8 Å². The molecule has 4 fully saturated rings. The second-order valence-corrected chi connectivity index (χ2v) is 12.2. The van der Waals surface area contributed by atoms with Gasteiger partial charge in [-0.3, -0.25) is 4.79 Å². The molecule has 1 aliphatic heterocycles. The Hall–Kier alpha value is -2.05. The normalized spacial score (nSPS) is 31.5. The SMILES string of the molecule is CSC1=NC(=O)C(=Cc2cccc(-c3ccc(O)c(C45CC6CC(CC(C6)C4)C5)c3F)c2)S1. The number of thioether (sulfide) groups is 2. The number of hydrogen-bond acceptors (Lipinski definition) is 4. The molecule has 4 bridgehead atoms. The molecular weight excluding hydrogens is 453 g/mol. The summed E-state index contributed by atoms with van der Waals surface area (Å²) in [6.07, 6.45) is 10.5. The van der Waals surface area contributed by atoms with Crippen LogP contribution in [0, 0.1) is 23.6 Å². The van der Waals surface area contributed by atoms with Crippen LogP contribution in [0.4, 0.5) is 4.39 Å². The van der Waals surface area contributed by atoms with Crippen LogP contribution in [-0.2, 0) is 10.2 Å². The predicted molar refractivity (Wildman–Crippen MR) is 135 cm³/mol. The Kier molecular flexibility index (Phi) is 5.22. The molecule has 0 aromatic heterocycles. The minimum atomic E-state index is -0.277. The number of phenols is 1. The lowest BCUT2D eigenvalue weighted by molar-refractivity contribution is -0.113. The number of carbonyl (C=O) groups excluding carboxylic acids is 1. The summed E-state index contributed by atoms with van der Waals surface area (Å²) in [5, 5.41) is 10.8. The van der Waals surface area contributed by atoms with Crippen molar-refractivity contribution in [2.24, 2.45) is 22.7 Å². The van der Waals surface area contributed by atoms with Gasteiger partial charge in [0.15, 0.2) is 0 Å². The van der Waals surface area contributed by atoms with Gasteiger partial charge in [-0.05, 0) is 97.9 Å². The van der Waals surface area contributed by atoms with E-state index in [9.17, 15) is 9.90 Å². The molecule has 5 aliphatic rings. The van der Waals surface area contributed by atoms with E-state index in [1.807, 2.05) is 36.6 Å². The fraction of sp³-hybridized carbons (Fsp3) is 0.407. The molecule has 4 aliphatic carbocycles. The second kappa shape index (κ2) is 8.02. The molecule has 2 aromatic carbocycles. The van der Waals surface area contributed by atoms with Gasteiger partial charge in [-0.1, -0.05) is 30.0 Å². The molecule has 1 heterocycles. The fourth-order valence-corrected chi connectivity index (χ4v) is 8.56. The number of phenolic OH excluding ortho intramolecular Hbond substituents is 1. The summed E-state index contributed by atoms with van der Waals surface area (Å²) in [6.45, 7) is 0. The molecule has 7 rings (SSSR count). The molecule has 0 atom stereocenters. The van der Waals surface area contributed by atoms with Crippen molar-refractivity contribution < 1.29 is 14.3 Å². The van der Waals surface area contributed by atoms with Crippen LogP contribution < -0.4 is 0 Å². The van der Waals surface area contributed by atoms with E-state index in [1.54, 1.807) is 12.1 Å². The van der Waals surface area contributed by atoms with Gasteiger partial charge < -0.3 is 5.11 Å². The monoisotopic (exact) mass is 479 g/mol. The van der Waals surface area contributed by atoms with Crippen molar-refractivity contribution in [1.29, 1.82) is 0 Å². The van der Waals surface area contributed by atoms with Gasteiger partial charge in [-0.25, -0.2) is 4.39 Å². The van der Waals surface area contributed by atoms with E-state index in [2.05, 4.69) is 4.99 Å². The topological polar surface area (TPSA) is 49.7 Å². The third-order valence-corrected chi connectivity index (χ3v) is 9.93. The first-order chi connectivity index (χ1) is 15.9. The van der Waals surface area contributed by atoms with Gasteiger partial charge in [0, 0.05) is 16.5 Å². The second-order valence-electron chi connectivity index (χ2n) is 10.1. The van der Waals surface area contributed by atoms with E-state index in [4.69, 9.17) is 0 Å². The average molecular weight is 480 g/mol. The fourth-order valence-electron chi connectivity index (χ4n) is 7.13. The van der Waals surface area contributed by atoms with Crippen molar-refractivity contribution in [2.45, 2.75) is 43.9 Å². The molecule has 6 heteroatoms. The van der Waals surface area contributed by atoms with Crippen LogP contribution >= 0.6 is 23.5 Å². The minimum absolute atomic E-state index is 0.103. The number of aliphatic imine (C=N–C) groups is 1. The highest BCUT2D eigenvalue weighted by molar-refractivity contribution is 8.40. The Morgan fingerprint density at radius 2 is 1.82 bits per heavy atom. The summed E-state index contributed by atoms with van der Waals surface area (Å²) in [6, 6.07) is 11.0. The van der Waals surface area contributed by atoms with E-state index in [1.165, 1.54) is 42.8 Å². The van der Waals surface area contributed by atoms with Crippen LogP contribution in [0.1, 0.15) is 49.7 Å². The first kappa shape index (κ1) is 21.5. The molecule has 0 radical (unpaired) electrons. The van der Waals surface area contributed by atoms with Crippen molar-refractivity contribution in [3.63, 3.8) is 0 Å². The maximum Gasteiger partial charge on any atom is 0.285 e. The minimum Gasteiger partial charge on any atom is -0.508 e. The lowest BCUT2D eigenvalue weighted by Crippen LogP contribution is -2.49. The van der Waals surface area contributed by atoms with Crippen LogP contribution in [-0.4, -0.2) is 21.6 Å². The van der Waals surface area contributed by atoms with Crippen LogP contribution in [0.2, 0.25) is 0 Å². The lowest BCUT2D eigenvalue weighted by Gasteiger charge is -2.57. The number of benzene rings is 2. The zero-order valence-electron chi connectivity index (χ0n) is 18.5. The highest BCUT2D eigenvalue weighted by Gasteiger charge is 2.53. The summed E-state index contributed by atoms with van der Waals surface area (Å²) in [4.78, 5) is 16.8. The molecule has 2 aromatic rings. The lowest BCUT2D eigenvalue weighted by atomic mass is 9.48. The van der Waals surface area contributed by atoms with Gasteiger partial charge in [0.25, 0.3) is 5.91 Å². The van der Waals surface area contributed by atoms with Gasteiger partial charge >= 0.3 is 0 Å². The molecule has 0 saturated heterocycles. The molecule has 170 valence electrons. The molecule has 0 spiro atoms. The average Bonchev–Trinajstić information content (AvgIpc) is 3.12. The van der Waals surface area contributed by atoms with Crippen LogP contribution in [0.15, 0.2) is 46.3 Å². The Bertz CT molecular complexity index is 1180. The molecule has 4 saturated carbocycles. The number of rotatable bonds is 3. The highest BCUT2D eigenvalue weighted by atomic mass is 32.2. The third kappa shape index (κ3) is 3.66. The quantitative estimate of drug-likeness (QED) is 0.482. The van der Waals surface area contributed by atoms with Gasteiger partial charge in [-0.2, -0.15) is 4.99 Å². The maximum atomic E-state index is 16.2. The van der Waals surface area contributed by atoms with E-state index >= 15 is 4.39 Å². The maximum absolute atomic E-state index is 16.2. The number of amides is 1. The van der Waals surface area contributed by atoms with Crippen LogP contribution in [0.5, 0.6) is 5.75 Å². The molecule has 3 nitrogen and oxygen atoms in total.